The Hall–Kier alpha value is -1.65. The van der Waals surface area contributed by atoms with Gasteiger partial charge in [0.1, 0.15) is 0 Å². The Kier molecular flexibility index (Phi) is 3.59. The molecule has 20 heavy (non-hydrogen) atoms. The molecule has 1 aliphatic rings. The van der Waals surface area contributed by atoms with E-state index in [4.69, 9.17) is 16.4 Å². The van der Waals surface area contributed by atoms with Gasteiger partial charge in [0.15, 0.2) is 5.75 Å². The number of benzene rings is 2. The maximum atomic E-state index is 12.1. The van der Waals surface area contributed by atoms with Crippen molar-refractivity contribution < 1.29 is 9.63 Å². The second-order valence-corrected chi connectivity index (χ2v) is 5.92. The minimum absolute atomic E-state index is 0.0666. The summed E-state index contributed by atoms with van der Waals surface area (Å²) >= 11 is 7.22. The maximum absolute atomic E-state index is 12.1. The maximum Gasteiger partial charge on any atom is 0.271 e. The highest BCUT2D eigenvalue weighted by atomic mass is 35.5. The predicted molar refractivity (Wildman–Crippen MR) is 79.7 cm³/mol. The van der Waals surface area contributed by atoms with Crippen LogP contribution in [0.3, 0.4) is 0 Å². The molecule has 0 radical (unpaired) electrons. The van der Waals surface area contributed by atoms with E-state index in [0.717, 1.165) is 16.0 Å². The molecule has 0 aliphatic carbocycles. The van der Waals surface area contributed by atoms with Crippen molar-refractivity contribution in [3.05, 3.63) is 58.6 Å². The highest BCUT2D eigenvalue weighted by molar-refractivity contribution is 7.97. The number of hydroxylamine groups is 1. The van der Waals surface area contributed by atoms with Crippen LogP contribution in [0.5, 0.6) is 5.75 Å². The number of hydrogen-bond donors (Lipinski definition) is 0. The van der Waals surface area contributed by atoms with Gasteiger partial charge in [-0.2, -0.15) is 0 Å². The second-order valence-electron chi connectivity index (χ2n) is 4.53. The summed E-state index contributed by atoms with van der Waals surface area (Å²) in [6.07, 6.45) is 0.357. The lowest BCUT2D eigenvalue weighted by atomic mass is 10.1. The largest absolute Gasteiger partial charge is 0.365 e. The molecular weight excluding hydrogens is 294 g/mol. The summed E-state index contributed by atoms with van der Waals surface area (Å²) in [4.78, 5) is 18.8. The van der Waals surface area contributed by atoms with Crippen LogP contribution in [0.1, 0.15) is 11.1 Å². The molecule has 2 aromatic rings. The third-order valence-electron chi connectivity index (χ3n) is 3.02. The molecule has 0 aromatic heterocycles. The molecule has 0 saturated carbocycles. The third kappa shape index (κ3) is 2.62. The van der Waals surface area contributed by atoms with Gasteiger partial charge in [0.25, 0.3) is 5.91 Å². The average Bonchev–Trinajstić information content (AvgIpc) is 2.42. The van der Waals surface area contributed by atoms with Crippen LogP contribution in [0.25, 0.3) is 0 Å². The highest BCUT2D eigenvalue weighted by Gasteiger charge is 2.26. The molecule has 1 aliphatic heterocycles. The molecular formula is C15H12ClNO2S. The summed E-state index contributed by atoms with van der Waals surface area (Å²) in [7, 11) is 0. The summed E-state index contributed by atoms with van der Waals surface area (Å²) in [6, 6.07) is 13.2. The van der Waals surface area contributed by atoms with E-state index >= 15 is 0 Å². The SMILES string of the molecule is Cc1cc(Cl)ccc1ON1Sc2ccccc2CC1=O. The number of rotatable bonds is 2. The molecule has 1 amide bonds. The van der Waals surface area contributed by atoms with Crippen molar-refractivity contribution in [3.8, 4) is 5.75 Å². The number of halogens is 1. The van der Waals surface area contributed by atoms with Gasteiger partial charge in [0.2, 0.25) is 0 Å². The topological polar surface area (TPSA) is 29.5 Å². The summed E-state index contributed by atoms with van der Waals surface area (Å²) in [6.45, 7) is 1.90. The van der Waals surface area contributed by atoms with Crippen molar-refractivity contribution in [1.29, 1.82) is 0 Å². The van der Waals surface area contributed by atoms with Gasteiger partial charge in [-0.15, -0.1) is 4.47 Å². The molecule has 0 saturated heterocycles. The molecule has 2 aromatic carbocycles. The van der Waals surface area contributed by atoms with Crippen LogP contribution >= 0.6 is 23.5 Å². The molecule has 0 spiro atoms. The monoisotopic (exact) mass is 305 g/mol. The van der Waals surface area contributed by atoms with Crippen LogP contribution in [0.4, 0.5) is 0 Å². The van der Waals surface area contributed by atoms with E-state index in [1.165, 1.54) is 16.4 Å². The minimum atomic E-state index is -0.0666. The van der Waals surface area contributed by atoms with Crippen molar-refractivity contribution in [2.45, 2.75) is 18.2 Å². The van der Waals surface area contributed by atoms with Crippen molar-refractivity contribution in [1.82, 2.24) is 4.47 Å². The lowest BCUT2D eigenvalue weighted by Gasteiger charge is -2.26. The zero-order chi connectivity index (χ0) is 14.1. The zero-order valence-electron chi connectivity index (χ0n) is 10.8. The molecule has 3 rings (SSSR count). The Morgan fingerprint density at radius 3 is 2.85 bits per heavy atom. The molecule has 0 unspecified atom stereocenters. The Balaban J connectivity index is 1.83. The molecule has 0 fully saturated rings. The number of fused-ring (bicyclic) bond motifs is 1. The van der Waals surface area contributed by atoms with Gasteiger partial charge in [-0.1, -0.05) is 29.8 Å². The Labute approximate surface area is 126 Å². The van der Waals surface area contributed by atoms with E-state index in [2.05, 4.69) is 0 Å². The van der Waals surface area contributed by atoms with Gasteiger partial charge in [0.05, 0.1) is 6.42 Å². The number of amides is 1. The van der Waals surface area contributed by atoms with Crippen LogP contribution in [0.2, 0.25) is 5.02 Å². The highest BCUT2D eigenvalue weighted by Crippen LogP contribution is 2.34. The van der Waals surface area contributed by atoms with Gasteiger partial charge in [-0.05, 0) is 42.3 Å². The first-order chi connectivity index (χ1) is 9.63. The van der Waals surface area contributed by atoms with E-state index in [1.54, 1.807) is 12.1 Å². The van der Waals surface area contributed by atoms with Gasteiger partial charge in [-0.25, -0.2) is 0 Å². The first-order valence-electron chi connectivity index (χ1n) is 6.16. The Morgan fingerprint density at radius 2 is 2.05 bits per heavy atom. The Morgan fingerprint density at radius 1 is 1.25 bits per heavy atom. The average molecular weight is 306 g/mol. The van der Waals surface area contributed by atoms with Crippen molar-refractivity contribution in [2.24, 2.45) is 0 Å². The van der Waals surface area contributed by atoms with Crippen molar-refractivity contribution >= 4 is 29.5 Å². The van der Waals surface area contributed by atoms with Gasteiger partial charge in [0, 0.05) is 21.9 Å². The molecule has 3 nitrogen and oxygen atoms in total. The standard InChI is InChI=1S/C15H12ClNO2S/c1-10-8-12(16)6-7-13(10)19-17-15(18)9-11-4-2-3-5-14(11)20-17/h2-8H,9H2,1H3. The fourth-order valence-electron chi connectivity index (χ4n) is 1.98. The van der Waals surface area contributed by atoms with Crippen molar-refractivity contribution in [2.75, 3.05) is 0 Å². The normalized spacial score (nSPS) is 14.1. The summed E-state index contributed by atoms with van der Waals surface area (Å²) in [5.41, 5.74) is 1.93. The molecule has 5 heteroatoms. The van der Waals surface area contributed by atoms with Crippen LogP contribution < -0.4 is 4.84 Å². The van der Waals surface area contributed by atoms with Crippen LogP contribution in [0, 0.1) is 6.92 Å². The second kappa shape index (κ2) is 5.38. The first kappa shape index (κ1) is 13.3. The lowest BCUT2D eigenvalue weighted by molar-refractivity contribution is -0.140. The summed E-state index contributed by atoms with van der Waals surface area (Å²) in [5, 5.41) is 0.651. The molecule has 0 atom stereocenters. The molecule has 102 valence electrons. The fraction of sp³-hybridized carbons (Fsp3) is 0.133. The predicted octanol–water partition coefficient (Wildman–Crippen LogP) is 4.03. The minimum Gasteiger partial charge on any atom is -0.365 e. The Bertz CT molecular complexity index is 675. The number of aryl methyl sites for hydroxylation is 1. The smallest absolute Gasteiger partial charge is 0.271 e. The first-order valence-corrected chi connectivity index (χ1v) is 7.31. The van der Waals surface area contributed by atoms with E-state index in [0.29, 0.717) is 17.2 Å². The third-order valence-corrected chi connectivity index (χ3v) is 4.29. The molecule has 0 bridgehead atoms. The van der Waals surface area contributed by atoms with Crippen molar-refractivity contribution in [3.63, 3.8) is 0 Å². The fourth-order valence-corrected chi connectivity index (χ4v) is 3.07. The van der Waals surface area contributed by atoms with E-state index < -0.39 is 0 Å². The number of hydrogen-bond acceptors (Lipinski definition) is 3. The van der Waals surface area contributed by atoms with Gasteiger partial charge >= 0.3 is 0 Å². The summed E-state index contributed by atoms with van der Waals surface area (Å²) < 4.78 is 1.33. The van der Waals surface area contributed by atoms with Crippen LogP contribution in [-0.4, -0.2) is 10.4 Å². The zero-order valence-corrected chi connectivity index (χ0v) is 12.4. The van der Waals surface area contributed by atoms with E-state index in [9.17, 15) is 4.79 Å². The van der Waals surface area contributed by atoms with E-state index in [1.807, 2.05) is 37.3 Å². The lowest BCUT2D eigenvalue weighted by Crippen LogP contribution is -2.32. The van der Waals surface area contributed by atoms with Crippen LogP contribution in [-0.2, 0) is 11.2 Å². The quantitative estimate of drug-likeness (QED) is 0.784. The number of carbonyl (C=O) groups is 1. The number of nitrogens with zero attached hydrogens (tertiary/aromatic N) is 1. The molecule has 1 heterocycles. The summed E-state index contributed by atoms with van der Waals surface area (Å²) in [5.74, 6) is 0.567. The van der Waals surface area contributed by atoms with Gasteiger partial charge in [-0.3, -0.25) is 4.79 Å². The molecule has 0 N–H and O–H groups in total. The van der Waals surface area contributed by atoms with Gasteiger partial charge < -0.3 is 4.84 Å². The number of carbonyl (C=O) groups excluding carboxylic acids is 1. The van der Waals surface area contributed by atoms with E-state index in [-0.39, 0.29) is 5.91 Å². The van der Waals surface area contributed by atoms with Crippen LogP contribution in [0.15, 0.2) is 47.4 Å².